The third-order valence-electron chi connectivity index (χ3n) is 4.01. The molecule has 0 radical (unpaired) electrons. The van der Waals surface area contributed by atoms with Crippen LogP contribution in [0.5, 0.6) is 17.2 Å². The van der Waals surface area contributed by atoms with E-state index in [4.69, 9.17) is 14.2 Å². The molecule has 5 heteroatoms. The molecule has 0 aromatic heterocycles. The van der Waals surface area contributed by atoms with Crippen LogP contribution in [0, 0.1) is 0 Å². The Bertz CT molecular complexity index is 719. The molecule has 0 unspecified atom stereocenters. The van der Waals surface area contributed by atoms with E-state index >= 15 is 0 Å². The summed E-state index contributed by atoms with van der Waals surface area (Å²) >= 11 is 0. The van der Waals surface area contributed by atoms with Gasteiger partial charge in [-0.15, -0.1) is 0 Å². The van der Waals surface area contributed by atoms with E-state index in [1.165, 1.54) is 5.56 Å². The van der Waals surface area contributed by atoms with Crippen LogP contribution < -0.4 is 19.5 Å². The minimum Gasteiger partial charge on any atom is -0.488 e. The van der Waals surface area contributed by atoms with Gasteiger partial charge in [-0.2, -0.15) is 0 Å². The first-order valence-electron chi connectivity index (χ1n) is 7.72. The Morgan fingerprint density at radius 1 is 1.04 bits per heavy atom. The maximum absolute atomic E-state index is 12.4. The Morgan fingerprint density at radius 2 is 1.87 bits per heavy atom. The highest BCUT2D eigenvalue weighted by molar-refractivity contribution is 5.97. The topological polar surface area (TPSA) is 56.8 Å². The number of benzene rings is 2. The van der Waals surface area contributed by atoms with E-state index in [1.54, 1.807) is 12.1 Å². The van der Waals surface area contributed by atoms with Crippen molar-refractivity contribution in [3.63, 3.8) is 0 Å². The van der Waals surface area contributed by atoms with Gasteiger partial charge < -0.3 is 19.5 Å². The zero-order chi connectivity index (χ0) is 15.6. The lowest BCUT2D eigenvalue weighted by molar-refractivity contribution is 0.0922. The third kappa shape index (κ3) is 2.70. The van der Waals surface area contributed by atoms with Gasteiger partial charge in [0, 0.05) is 6.42 Å². The SMILES string of the molecule is O=C(NC[C@@H]1Cc2ccccc2O1)c1cccc2c1OCCO2. The fraction of sp³-hybridized carbons (Fsp3) is 0.278. The molecule has 2 heterocycles. The standard InChI is InChI=1S/C18H17NO4/c20-18(14-5-3-7-16-17(14)22-9-8-21-16)19-11-13-10-12-4-1-2-6-15(12)23-13/h1-7,13H,8-11H2,(H,19,20)/t13-/m0/s1. The van der Waals surface area contributed by atoms with Gasteiger partial charge in [0.25, 0.3) is 5.91 Å². The van der Waals surface area contributed by atoms with Crippen molar-refractivity contribution < 1.29 is 19.0 Å². The van der Waals surface area contributed by atoms with Gasteiger partial charge in [-0.25, -0.2) is 0 Å². The molecule has 0 spiro atoms. The highest BCUT2D eigenvalue weighted by atomic mass is 16.6. The number of hydrogen-bond acceptors (Lipinski definition) is 4. The number of fused-ring (bicyclic) bond motifs is 2. The van der Waals surface area contributed by atoms with Crippen LogP contribution in [-0.2, 0) is 6.42 Å². The van der Waals surface area contributed by atoms with E-state index in [2.05, 4.69) is 11.4 Å². The van der Waals surface area contributed by atoms with Crippen molar-refractivity contribution in [1.82, 2.24) is 5.32 Å². The van der Waals surface area contributed by atoms with Crippen LogP contribution in [0.15, 0.2) is 42.5 Å². The van der Waals surface area contributed by atoms with Crippen LogP contribution in [0.2, 0.25) is 0 Å². The molecule has 1 atom stereocenters. The molecule has 2 aromatic rings. The van der Waals surface area contributed by atoms with Gasteiger partial charge in [-0.1, -0.05) is 24.3 Å². The molecule has 118 valence electrons. The minimum absolute atomic E-state index is 0.0342. The summed E-state index contributed by atoms with van der Waals surface area (Å²) in [5.41, 5.74) is 1.68. The largest absolute Gasteiger partial charge is 0.488 e. The van der Waals surface area contributed by atoms with Gasteiger partial charge in [0.15, 0.2) is 11.5 Å². The fourth-order valence-electron chi connectivity index (χ4n) is 2.92. The highest BCUT2D eigenvalue weighted by Crippen LogP contribution is 2.33. The number of carbonyl (C=O) groups is 1. The van der Waals surface area contributed by atoms with Crippen LogP contribution in [0.1, 0.15) is 15.9 Å². The molecule has 2 aliphatic heterocycles. The molecule has 2 aliphatic rings. The van der Waals surface area contributed by atoms with Crippen molar-refractivity contribution in [2.24, 2.45) is 0 Å². The average molecular weight is 311 g/mol. The lowest BCUT2D eigenvalue weighted by atomic mass is 10.1. The van der Waals surface area contributed by atoms with Gasteiger partial charge in [-0.05, 0) is 23.8 Å². The fourth-order valence-corrected chi connectivity index (χ4v) is 2.92. The van der Waals surface area contributed by atoms with Gasteiger partial charge >= 0.3 is 0 Å². The lowest BCUT2D eigenvalue weighted by Gasteiger charge is -2.21. The molecule has 2 aromatic carbocycles. The summed E-state index contributed by atoms with van der Waals surface area (Å²) in [6, 6.07) is 13.3. The maximum atomic E-state index is 12.4. The molecule has 23 heavy (non-hydrogen) atoms. The van der Waals surface area contributed by atoms with Crippen molar-refractivity contribution in [3.8, 4) is 17.2 Å². The quantitative estimate of drug-likeness (QED) is 0.944. The second-order valence-corrected chi connectivity index (χ2v) is 5.59. The monoisotopic (exact) mass is 311 g/mol. The molecular weight excluding hydrogens is 294 g/mol. The zero-order valence-corrected chi connectivity index (χ0v) is 12.6. The summed E-state index contributed by atoms with van der Waals surface area (Å²) in [7, 11) is 0. The number of amides is 1. The summed E-state index contributed by atoms with van der Waals surface area (Å²) in [6.45, 7) is 1.42. The van der Waals surface area contributed by atoms with E-state index in [1.807, 2.05) is 24.3 Å². The van der Waals surface area contributed by atoms with Gasteiger partial charge in [0.05, 0.1) is 12.1 Å². The molecule has 0 saturated carbocycles. The average Bonchev–Trinajstić information content (AvgIpc) is 3.02. The number of hydrogen-bond donors (Lipinski definition) is 1. The maximum Gasteiger partial charge on any atom is 0.255 e. The first kappa shape index (κ1) is 13.9. The third-order valence-corrected chi connectivity index (χ3v) is 4.01. The number of para-hydroxylation sites is 2. The number of rotatable bonds is 3. The van der Waals surface area contributed by atoms with E-state index in [0.717, 1.165) is 12.2 Å². The summed E-state index contributed by atoms with van der Waals surface area (Å²) < 4.78 is 16.9. The molecular formula is C18H17NO4. The second kappa shape index (κ2) is 5.83. The first-order valence-corrected chi connectivity index (χ1v) is 7.72. The van der Waals surface area contributed by atoms with Gasteiger partial charge in [-0.3, -0.25) is 4.79 Å². The summed E-state index contributed by atoms with van der Waals surface area (Å²) in [5.74, 6) is 1.87. The van der Waals surface area contributed by atoms with Gasteiger partial charge in [0.2, 0.25) is 0 Å². The predicted octanol–water partition coefficient (Wildman–Crippen LogP) is 2.19. The Kier molecular flexibility index (Phi) is 3.54. The zero-order valence-electron chi connectivity index (χ0n) is 12.6. The summed E-state index contributed by atoms with van der Waals surface area (Å²) in [6.07, 6.45) is 0.774. The van der Waals surface area contributed by atoms with E-state index < -0.39 is 0 Å². The van der Waals surface area contributed by atoms with Crippen LogP contribution >= 0.6 is 0 Å². The van der Waals surface area contributed by atoms with Crippen LogP contribution in [0.4, 0.5) is 0 Å². The van der Waals surface area contributed by atoms with Crippen molar-refractivity contribution in [2.45, 2.75) is 12.5 Å². The number of nitrogens with one attached hydrogen (secondary N) is 1. The van der Waals surface area contributed by atoms with Crippen molar-refractivity contribution >= 4 is 5.91 Å². The Hall–Kier alpha value is -2.69. The second-order valence-electron chi connectivity index (χ2n) is 5.59. The molecule has 0 bridgehead atoms. The van der Waals surface area contributed by atoms with Crippen molar-refractivity contribution in [1.29, 1.82) is 0 Å². The summed E-state index contributed by atoms with van der Waals surface area (Å²) in [5, 5.41) is 2.93. The molecule has 0 fully saturated rings. The number of ether oxygens (including phenoxy) is 3. The molecule has 4 rings (SSSR count). The molecule has 0 saturated heterocycles. The van der Waals surface area contributed by atoms with E-state index in [-0.39, 0.29) is 12.0 Å². The van der Waals surface area contributed by atoms with Crippen molar-refractivity contribution in [3.05, 3.63) is 53.6 Å². The van der Waals surface area contributed by atoms with Crippen LogP contribution in [0.3, 0.4) is 0 Å². The normalized spacial score (nSPS) is 18.0. The first-order chi connectivity index (χ1) is 11.3. The smallest absolute Gasteiger partial charge is 0.255 e. The van der Waals surface area contributed by atoms with Crippen LogP contribution in [-0.4, -0.2) is 31.8 Å². The lowest BCUT2D eigenvalue weighted by Crippen LogP contribution is -2.35. The Balaban J connectivity index is 1.42. The van der Waals surface area contributed by atoms with Crippen molar-refractivity contribution in [2.75, 3.05) is 19.8 Å². The van der Waals surface area contributed by atoms with E-state index in [0.29, 0.717) is 36.8 Å². The molecule has 0 aliphatic carbocycles. The van der Waals surface area contributed by atoms with Gasteiger partial charge in [0.1, 0.15) is 25.1 Å². The Morgan fingerprint density at radius 3 is 2.78 bits per heavy atom. The molecule has 1 amide bonds. The number of carbonyl (C=O) groups excluding carboxylic acids is 1. The highest BCUT2D eigenvalue weighted by Gasteiger charge is 2.24. The van der Waals surface area contributed by atoms with Crippen LogP contribution in [0.25, 0.3) is 0 Å². The van der Waals surface area contributed by atoms with E-state index in [9.17, 15) is 4.79 Å². The predicted molar refractivity (Wildman–Crippen MR) is 84.3 cm³/mol. The molecule has 5 nitrogen and oxygen atoms in total. The summed E-state index contributed by atoms with van der Waals surface area (Å²) in [4.78, 5) is 12.4. The minimum atomic E-state index is -0.174. The molecule has 1 N–H and O–H groups in total. The Labute approximate surface area is 134 Å².